The van der Waals surface area contributed by atoms with Crippen molar-refractivity contribution in [2.45, 2.75) is 10.8 Å². The van der Waals surface area contributed by atoms with E-state index in [9.17, 15) is 14.0 Å². The number of rotatable bonds is 8. The molecule has 1 heterocycles. The summed E-state index contributed by atoms with van der Waals surface area (Å²) in [6.07, 6.45) is 1.58. The van der Waals surface area contributed by atoms with Crippen molar-refractivity contribution in [3.05, 3.63) is 114 Å². The van der Waals surface area contributed by atoms with Crippen LogP contribution in [0, 0.1) is 5.82 Å². The molecule has 0 aliphatic carbocycles. The number of hydrogen-bond acceptors (Lipinski definition) is 5. The molecule has 0 fully saturated rings. The second-order valence-electron chi connectivity index (χ2n) is 7.42. The number of halogens is 1. The van der Waals surface area contributed by atoms with Gasteiger partial charge in [-0.05, 0) is 41.5 Å². The summed E-state index contributed by atoms with van der Waals surface area (Å²) >= 11 is 1.34. The smallest absolute Gasteiger partial charge is 0.276 e. The van der Waals surface area contributed by atoms with Crippen LogP contribution in [0.4, 0.5) is 4.39 Å². The molecular formula is C27H22FN3O3S. The number of hydrazine groups is 1. The molecule has 0 saturated carbocycles. The highest BCUT2D eigenvalue weighted by atomic mass is 32.2. The molecule has 2 N–H and O–H groups in total. The van der Waals surface area contributed by atoms with Gasteiger partial charge in [-0.2, -0.15) is 0 Å². The Morgan fingerprint density at radius 3 is 2.40 bits per heavy atom. The van der Waals surface area contributed by atoms with Gasteiger partial charge in [0.15, 0.2) is 6.61 Å². The largest absolute Gasteiger partial charge is 0.483 e. The second kappa shape index (κ2) is 11.8. The molecule has 8 heteroatoms. The van der Waals surface area contributed by atoms with Crippen molar-refractivity contribution in [3.63, 3.8) is 0 Å². The van der Waals surface area contributed by atoms with Crippen molar-refractivity contribution in [1.82, 2.24) is 15.8 Å². The standard InChI is InChI=1S/C27H22FN3O3S/c28-21-14-12-19(13-15-21)18-35-27-23(10-6-16-29-27)26(33)31-30-25(32)17-34-24-11-5-4-9-22(24)20-7-2-1-3-8-20/h1-16H,17-18H2,(H,30,32)(H,31,33). The van der Waals surface area contributed by atoms with Crippen LogP contribution >= 0.6 is 11.8 Å². The highest BCUT2D eigenvalue weighted by Gasteiger charge is 2.14. The summed E-state index contributed by atoms with van der Waals surface area (Å²) in [5.74, 6) is -0.242. The lowest BCUT2D eigenvalue weighted by Gasteiger charge is -2.13. The Labute approximate surface area is 206 Å². The molecule has 0 aliphatic heterocycles. The average molecular weight is 488 g/mol. The lowest BCUT2D eigenvalue weighted by atomic mass is 10.1. The van der Waals surface area contributed by atoms with Crippen LogP contribution in [-0.2, 0) is 10.5 Å². The molecule has 35 heavy (non-hydrogen) atoms. The monoisotopic (exact) mass is 487 g/mol. The zero-order valence-electron chi connectivity index (χ0n) is 18.6. The molecule has 1 aromatic heterocycles. The minimum absolute atomic E-state index is 0.274. The summed E-state index contributed by atoms with van der Waals surface area (Å²) in [5.41, 5.74) is 7.83. The van der Waals surface area contributed by atoms with Gasteiger partial charge in [0.2, 0.25) is 0 Å². The van der Waals surface area contributed by atoms with Crippen molar-refractivity contribution in [1.29, 1.82) is 0 Å². The first-order valence-electron chi connectivity index (χ1n) is 10.8. The Morgan fingerprint density at radius 2 is 1.60 bits per heavy atom. The van der Waals surface area contributed by atoms with E-state index >= 15 is 0 Å². The van der Waals surface area contributed by atoms with Gasteiger partial charge in [-0.1, -0.05) is 60.7 Å². The van der Waals surface area contributed by atoms with Gasteiger partial charge < -0.3 is 4.74 Å². The molecule has 0 radical (unpaired) electrons. The lowest BCUT2D eigenvalue weighted by molar-refractivity contribution is -0.123. The maximum Gasteiger partial charge on any atom is 0.276 e. The molecule has 0 bridgehead atoms. The van der Waals surface area contributed by atoms with Crippen LogP contribution < -0.4 is 15.6 Å². The van der Waals surface area contributed by atoms with Crippen molar-refractivity contribution in [3.8, 4) is 16.9 Å². The number of carbonyl (C=O) groups is 2. The Kier molecular flexibility index (Phi) is 8.08. The number of para-hydroxylation sites is 1. The summed E-state index contributed by atoms with van der Waals surface area (Å²) in [5, 5.41) is 0.497. The number of carbonyl (C=O) groups excluding carboxylic acids is 2. The SMILES string of the molecule is O=C(COc1ccccc1-c1ccccc1)NNC(=O)c1cccnc1SCc1ccc(F)cc1. The van der Waals surface area contributed by atoms with Crippen molar-refractivity contribution in [2.75, 3.05) is 6.61 Å². The minimum Gasteiger partial charge on any atom is -0.483 e. The van der Waals surface area contributed by atoms with E-state index in [-0.39, 0.29) is 12.4 Å². The van der Waals surface area contributed by atoms with Gasteiger partial charge in [0.05, 0.1) is 5.56 Å². The number of benzene rings is 3. The summed E-state index contributed by atoms with van der Waals surface area (Å²) in [7, 11) is 0. The van der Waals surface area contributed by atoms with Crippen LogP contribution in [0.1, 0.15) is 15.9 Å². The third-order valence-corrected chi connectivity index (χ3v) is 6.03. The predicted octanol–water partition coefficient (Wildman–Crippen LogP) is 5.02. The minimum atomic E-state index is -0.509. The van der Waals surface area contributed by atoms with E-state index in [4.69, 9.17) is 4.74 Å². The third-order valence-electron chi connectivity index (χ3n) is 4.95. The zero-order valence-corrected chi connectivity index (χ0v) is 19.4. The molecule has 0 spiro atoms. The molecule has 3 aromatic carbocycles. The number of nitrogens with zero attached hydrogens (tertiary/aromatic N) is 1. The van der Waals surface area contributed by atoms with Crippen molar-refractivity contribution < 1.29 is 18.7 Å². The highest BCUT2D eigenvalue weighted by Crippen LogP contribution is 2.29. The van der Waals surface area contributed by atoms with Crippen LogP contribution in [0.25, 0.3) is 11.1 Å². The first-order chi connectivity index (χ1) is 17.1. The number of nitrogens with one attached hydrogen (secondary N) is 2. The van der Waals surface area contributed by atoms with Gasteiger partial charge in [0, 0.05) is 17.5 Å². The Bertz CT molecular complexity index is 1300. The van der Waals surface area contributed by atoms with Gasteiger partial charge in [0.1, 0.15) is 16.6 Å². The molecule has 0 aliphatic rings. The van der Waals surface area contributed by atoms with Gasteiger partial charge in [-0.15, -0.1) is 11.8 Å². The molecule has 2 amide bonds. The Balaban J connectivity index is 1.32. The Hall–Kier alpha value is -4.17. The quantitative estimate of drug-likeness (QED) is 0.270. The van der Waals surface area contributed by atoms with Crippen LogP contribution in [0.5, 0.6) is 5.75 Å². The third kappa shape index (κ3) is 6.68. The number of aromatic nitrogens is 1. The molecule has 4 rings (SSSR count). The van der Waals surface area contributed by atoms with Crippen LogP contribution in [0.3, 0.4) is 0 Å². The first kappa shape index (κ1) is 24.0. The van der Waals surface area contributed by atoms with Gasteiger partial charge >= 0.3 is 0 Å². The average Bonchev–Trinajstić information content (AvgIpc) is 2.91. The van der Waals surface area contributed by atoms with Crippen molar-refractivity contribution in [2.24, 2.45) is 0 Å². The fourth-order valence-electron chi connectivity index (χ4n) is 3.23. The van der Waals surface area contributed by atoms with E-state index in [0.29, 0.717) is 22.1 Å². The highest BCUT2D eigenvalue weighted by molar-refractivity contribution is 7.98. The van der Waals surface area contributed by atoms with E-state index < -0.39 is 11.8 Å². The fourth-order valence-corrected chi connectivity index (χ4v) is 4.18. The molecule has 0 atom stereocenters. The molecule has 176 valence electrons. The van der Waals surface area contributed by atoms with Crippen LogP contribution in [0.2, 0.25) is 0 Å². The molecule has 6 nitrogen and oxygen atoms in total. The summed E-state index contributed by atoms with van der Waals surface area (Å²) in [4.78, 5) is 29.3. The van der Waals surface area contributed by atoms with E-state index in [2.05, 4.69) is 15.8 Å². The summed E-state index contributed by atoms with van der Waals surface area (Å²) in [6.45, 7) is -0.274. The van der Waals surface area contributed by atoms with E-state index in [0.717, 1.165) is 16.7 Å². The maximum atomic E-state index is 13.1. The predicted molar refractivity (Wildman–Crippen MR) is 133 cm³/mol. The Morgan fingerprint density at radius 1 is 0.857 bits per heavy atom. The maximum absolute atomic E-state index is 13.1. The number of ether oxygens (including phenoxy) is 1. The molecule has 0 saturated heterocycles. The zero-order chi connectivity index (χ0) is 24.5. The van der Waals surface area contributed by atoms with Gasteiger partial charge in [-0.3, -0.25) is 20.4 Å². The topological polar surface area (TPSA) is 80.3 Å². The van der Waals surface area contributed by atoms with E-state index in [1.807, 2.05) is 48.5 Å². The van der Waals surface area contributed by atoms with Crippen LogP contribution in [0.15, 0.2) is 102 Å². The normalized spacial score (nSPS) is 10.4. The second-order valence-corrected chi connectivity index (χ2v) is 8.39. The number of thioether (sulfide) groups is 1. The number of hydrogen-bond donors (Lipinski definition) is 2. The number of amides is 2. The van der Waals surface area contributed by atoms with Gasteiger partial charge in [0.25, 0.3) is 11.8 Å². The number of pyridine rings is 1. The van der Waals surface area contributed by atoms with Crippen molar-refractivity contribution >= 4 is 23.6 Å². The fraction of sp³-hybridized carbons (Fsp3) is 0.0741. The summed E-state index contributed by atoms with van der Waals surface area (Å²) in [6, 6.07) is 26.5. The molecular weight excluding hydrogens is 465 g/mol. The lowest BCUT2D eigenvalue weighted by Crippen LogP contribution is -2.44. The van der Waals surface area contributed by atoms with Gasteiger partial charge in [-0.25, -0.2) is 9.37 Å². The molecule has 4 aromatic rings. The first-order valence-corrected chi connectivity index (χ1v) is 11.8. The van der Waals surface area contributed by atoms with E-state index in [1.165, 1.54) is 23.9 Å². The van der Waals surface area contributed by atoms with Crippen LogP contribution in [-0.4, -0.2) is 23.4 Å². The molecule has 0 unspecified atom stereocenters. The summed E-state index contributed by atoms with van der Waals surface area (Å²) < 4.78 is 18.8. The van der Waals surface area contributed by atoms with E-state index in [1.54, 1.807) is 36.5 Å².